The summed E-state index contributed by atoms with van der Waals surface area (Å²) in [5, 5.41) is 9.26. The number of benzene rings is 4. The smallest absolute Gasteiger partial charge is 0.408 e. The Bertz CT molecular complexity index is 2220. The minimum Gasteiger partial charge on any atom is -0.444 e. The molecule has 0 saturated carbocycles. The number of aromatic nitrogens is 2. The van der Waals surface area contributed by atoms with Crippen LogP contribution in [0.15, 0.2) is 170 Å². The Morgan fingerprint density at radius 1 is 0.478 bits per heavy atom. The van der Waals surface area contributed by atoms with Crippen LogP contribution in [0.2, 0.25) is 0 Å². The van der Waals surface area contributed by atoms with E-state index in [-0.39, 0.29) is 23.9 Å². The number of nitrogens with one attached hydrogen (secondary N) is 3. The van der Waals surface area contributed by atoms with Gasteiger partial charge in [-0.15, -0.1) is 0 Å². The van der Waals surface area contributed by atoms with E-state index in [1.54, 1.807) is 45.6 Å². The highest BCUT2D eigenvalue weighted by Gasteiger charge is 2.27. The lowest BCUT2D eigenvalue weighted by Crippen LogP contribution is -2.51. The van der Waals surface area contributed by atoms with Crippen LogP contribution in [0.1, 0.15) is 106 Å². The third-order valence-electron chi connectivity index (χ3n) is 11.8. The summed E-state index contributed by atoms with van der Waals surface area (Å²) < 4.78 is 5.44. The van der Waals surface area contributed by atoms with Crippen molar-refractivity contribution in [2.75, 3.05) is 0 Å². The number of alkyl carbamates (subject to hydrolysis) is 1. The molecule has 4 aromatic carbocycles. The van der Waals surface area contributed by atoms with Crippen molar-refractivity contribution in [3.63, 3.8) is 0 Å². The third-order valence-corrected chi connectivity index (χ3v) is 11.8. The van der Waals surface area contributed by atoms with Gasteiger partial charge in [0.1, 0.15) is 11.6 Å². The lowest BCUT2D eigenvalue weighted by molar-refractivity contribution is -0.124. The minimum atomic E-state index is -0.764. The Morgan fingerprint density at radius 3 is 1.17 bits per heavy atom. The fraction of sp³-hybridized carbons (Fsp3) is 0.373. The van der Waals surface area contributed by atoms with Crippen LogP contribution in [0.25, 0.3) is 0 Å². The van der Waals surface area contributed by atoms with Gasteiger partial charge in [0.2, 0.25) is 11.8 Å². The monoisotopic (exact) mass is 931 g/mol. The molecule has 10 nitrogen and oxygen atoms in total. The Kier molecular flexibility index (Phi) is 23.2. The van der Waals surface area contributed by atoms with Crippen molar-refractivity contribution in [2.24, 2.45) is 5.73 Å². The molecule has 6 aromatic rings. The Labute approximate surface area is 411 Å². The highest BCUT2D eigenvalue weighted by Crippen LogP contribution is 2.16. The highest BCUT2D eigenvalue weighted by atomic mass is 16.6. The third kappa shape index (κ3) is 22.3. The molecule has 0 fully saturated rings. The number of amides is 3. The number of nitrogens with zero attached hydrogens (tertiary/aromatic N) is 2. The largest absolute Gasteiger partial charge is 0.444 e. The zero-order chi connectivity index (χ0) is 48.9. The number of aryl methyl sites for hydroxylation is 4. The molecule has 2 atom stereocenters. The number of rotatable bonds is 25. The summed E-state index contributed by atoms with van der Waals surface area (Å²) in [5.41, 5.74) is 12.7. The van der Waals surface area contributed by atoms with Gasteiger partial charge in [0, 0.05) is 43.3 Å². The fourth-order valence-corrected chi connectivity index (χ4v) is 8.26. The van der Waals surface area contributed by atoms with Crippen molar-refractivity contribution in [3.8, 4) is 0 Å². The first-order valence-electron chi connectivity index (χ1n) is 24.8. The first-order chi connectivity index (χ1) is 33.5. The van der Waals surface area contributed by atoms with Gasteiger partial charge in [-0.3, -0.25) is 19.6 Å². The first kappa shape index (κ1) is 53.3. The van der Waals surface area contributed by atoms with Gasteiger partial charge in [0.25, 0.3) is 0 Å². The van der Waals surface area contributed by atoms with Gasteiger partial charge in [0.15, 0.2) is 0 Å². The average Bonchev–Trinajstić information content (AvgIpc) is 3.35. The molecule has 69 heavy (non-hydrogen) atoms. The molecule has 364 valence electrons. The molecule has 0 radical (unpaired) electrons. The van der Waals surface area contributed by atoms with Gasteiger partial charge in [0.05, 0.1) is 6.04 Å². The van der Waals surface area contributed by atoms with Crippen molar-refractivity contribution in [3.05, 3.63) is 204 Å². The van der Waals surface area contributed by atoms with Crippen molar-refractivity contribution < 1.29 is 19.1 Å². The second-order valence-electron chi connectivity index (χ2n) is 18.9. The number of nitrogens with two attached hydrogens (primary N) is 1. The molecular formula is C59H74N6O4. The van der Waals surface area contributed by atoms with E-state index in [1.807, 2.05) is 48.5 Å². The number of carbonyl (C=O) groups is 3. The second-order valence-corrected chi connectivity index (χ2v) is 18.9. The summed E-state index contributed by atoms with van der Waals surface area (Å²) in [7, 11) is 0. The van der Waals surface area contributed by atoms with Crippen LogP contribution < -0.4 is 21.7 Å². The summed E-state index contributed by atoms with van der Waals surface area (Å²) in [6.45, 7) is 5.41. The number of hydrogen-bond donors (Lipinski definition) is 4. The second kappa shape index (κ2) is 30.0. The van der Waals surface area contributed by atoms with Crippen molar-refractivity contribution >= 4 is 17.9 Å². The zero-order valence-corrected chi connectivity index (χ0v) is 41.0. The van der Waals surface area contributed by atoms with Gasteiger partial charge < -0.3 is 26.4 Å². The SMILES string of the molecule is CC(C)(C)OC(=O)N[C@@H](Cc1cccnc1)C(=O)NC(CCCc1ccccc1)CCCc1ccccc1.N[C@@H](Cc1cccnc1)C(=O)NC(CCCc1ccccc1)CCCc1ccccc1. The standard InChI is InChI=1S/C32H41N3O3.C27H33N3O/c1-32(2,3)38-31(37)35-29(23-27-19-12-22-33-24-27)30(36)34-28(20-10-17-25-13-6-4-7-14-25)21-11-18-26-15-8-5-9-16-26;28-26(20-24-16-9-19-29-21-24)27(31)30-25(17-7-14-22-10-3-1-4-11-22)18-8-15-23-12-5-2-6-13-23/h4-9,12-16,19,22,24,28-29H,10-11,17-18,20-21,23H2,1-3H3,(H,34,36)(H,35,37);1-6,9-13,16,19,21,25-26H,7-8,14-15,17-18,20,28H2,(H,30,31)/t29-;26-/m00/s1. The van der Waals surface area contributed by atoms with E-state index in [2.05, 4.69) is 123 Å². The summed E-state index contributed by atoms with van der Waals surface area (Å²) in [6, 6.07) is 48.2. The van der Waals surface area contributed by atoms with Crippen molar-refractivity contribution in [1.82, 2.24) is 25.9 Å². The molecule has 0 aliphatic carbocycles. The summed E-state index contributed by atoms with van der Waals surface area (Å²) in [6.07, 6.45) is 18.7. The lowest BCUT2D eigenvalue weighted by Gasteiger charge is -2.26. The average molecular weight is 931 g/mol. The van der Waals surface area contributed by atoms with E-state index in [4.69, 9.17) is 10.5 Å². The van der Waals surface area contributed by atoms with Crippen molar-refractivity contribution in [2.45, 2.75) is 140 Å². The van der Waals surface area contributed by atoms with Gasteiger partial charge >= 0.3 is 6.09 Å². The Morgan fingerprint density at radius 2 is 0.826 bits per heavy atom. The van der Waals surface area contributed by atoms with Crippen LogP contribution in [0.4, 0.5) is 4.79 Å². The van der Waals surface area contributed by atoms with E-state index >= 15 is 0 Å². The van der Waals surface area contributed by atoms with E-state index < -0.39 is 23.8 Å². The molecule has 0 bridgehead atoms. The van der Waals surface area contributed by atoms with E-state index in [1.165, 1.54) is 22.3 Å². The Hall–Kier alpha value is -6.65. The Balaban J connectivity index is 0.000000263. The maximum absolute atomic E-state index is 13.5. The van der Waals surface area contributed by atoms with Gasteiger partial charge in [-0.25, -0.2) is 4.79 Å². The summed E-state index contributed by atoms with van der Waals surface area (Å²) >= 11 is 0. The molecule has 0 unspecified atom stereocenters. The maximum atomic E-state index is 13.5. The zero-order valence-electron chi connectivity index (χ0n) is 41.0. The molecule has 0 saturated heterocycles. The van der Waals surface area contributed by atoms with Crippen LogP contribution in [-0.4, -0.2) is 57.6 Å². The molecule has 10 heteroatoms. The summed E-state index contributed by atoms with van der Waals surface area (Å²) in [4.78, 5) is 47.1. The molecule has 6 rings (SSSR count). The molecule has 0 spiro atoms. The van der Waals surface area contributed by atoms with Crippen LogP contribution in [-0.2, 0) is 52.9 Å². The van der Waals surface area contributed by atoms with E-state index in [0.717, 1.165) is 88.2 Å². The van der Waals surface area contributed by atoms with Crippen LogP contribution >= 0.6 is 0 Å². The molecule has 5 N–H and O–H groups in total. The van der Waals surface area contributed by atoms with Crippen molar-refractivity contribution in [1.29, 1.82) is 0 Å². The quantitative estimate of drug-likeness (QED) is 0.0447. The number of pyridine rings is 2. The summed E-state index contributed by atoms with van der Waals surface area (Å²) in [5.74, 6) is -0.280. The number of ether oxygens (including phenoxy) is 1. The van der Waals surface area contributed by atoms with Gasteiger partial charge in [-0.2, -0.15) is 0 Å². The van der Waals surface area contributed by atoms with E-state index in [9.17, 15) is 14.4 Å². The molecule has 0 aliphatic rings. The normalized spacial score (nSPS) is 12.0. The fourth-order valence-electron chi connectivity index (χ4n) is 8.26. The molecule has 2 aromatic heterocycles. The van der Waals surface area contributed by atoms with Gasteiger partial charge in [-0.1, -0.05) is 133 Å². The lowest BCUT2D eigenvalue weighted by atomic mass is 9.98. The first-order valence-corrected chi connectivity index (χ1v) is 24.8. The number of carbonyl (C=O) groups excluding carboxylic acids is 3. The van der Waals surface area contributed by atoms with Crippen LogP contribution in [0.3, 0.4) is 0 Å². The van der Waals surface area contributed by atoms with E-state index in [0.29, 0.717) is 12.8 Å². The molecular weight excluding hydrogens is 857 g/mol. The molecule has 3 amide bonds. The van der Waals surface area contributed by atoms with Crippen LogP contribution in [0, 0.1) is 0 Å². The van der Waals surface area contributed by atoms with Crippen LogP contribution in [0.5, 0.6) is 0 Å². The predicted molar refractivity (Wildman–Crippen MR) is 278 cm³/mol. The maximum Gasteiger partial charge on any atom is 0.408 e. The minimum absolute atomic E-state index is 0.00626. The predicted octanol–water partition coefficient (Wildman–Crippen LogP) is 10.5. The number of hydrogen-bond acceptors (Lipinski definition) is 7. The van der Waals surface area contributed by atoms with Gasteiger partial charge in [-0.05, 0) is 150 Å². The molecule has 0 aliphatic heterocycles. The molecule has 2 heterocycles. The topological polar surface area (TPSA) is 148 Å². The highest BCUT2D eigenvalue weighted by molar-refractivity contribution is 5.86.